The van der Waals surface area contributed by atoms with E-state index in [0.717, 1.165) is 19.6 Å². The molecule has 1 spiro atoms. The van der Waals surface area contributed by atoms with Crippen molar-refractivity contribution < 1.29 is 0 Å². The fourth-order valence-corrected chi connectivity index (χ4v) is 3.89. The Morgan fingerprint density at radius 2 is 2.00 bits per heavy atom. The van der Waals surface area contributed by atoms with Gasteiger partial charge >= 0.3 is 0 Å². The van der Waals surface area contributed by atoms with E-state index in [9.17, 15) is 0 Å². The highest BCUT2D eigenvalue weighted by atomic mass is 15.3. The van der Waals surface area contributed by atoms with Gasteiger partial charge in [-0.1, -0.05) is 12.1 Å². The molecule has 0 bridgehead atoms. The molecule has 22 heavy (non-hydrogen) atoms. The highest BCUT2D eigenvalue weighted by molar-refractivity contribution is 5.49. The summed E-state index contributed by atoms with van der Waals surface area (Å²) in [4.78, 5) is 13.8. The van der Waals surface area contributed by atoms with Gasteiger partial charge in [-0.05, 0) is 43.1 Å². The third kappa shape index (κ3) is 2.48. The third-order valence-electron chi connectivity index (χ3n) is 4.98. The van der Waals surface area contributed by atoms with Gasteiger partial charge in [0.1, 0.15) is 5.82 Å². The van der Waals surface area contributed by atoms with Crippen LogP contribution >= 0.6 is 0 Å². The van der Waals surface area contributed by atoms with Crippen molar-refractivity contribution in [3.63, 3.8) is 0 Å². The summed E-state index contributed by atoms with van der Waals surface area (Å²) in [6.07, 6.45) is 7.02. The Labute approximate surface area is 131 Å². The van der Waals surface area contributed by atoms with Gasteiger partial charge in [-0.25, -0.2) is 4.98 Å². The molecule has 2 aliphatic rings. The molecule has 0 atom stereocenters. The van der Waals surface area contributed by atoms with Crippen LogP contribution in [0.25, 0.3) is 0 Å². The first-order valence-corrected chi connectivity index (χ1v) is 8.02. The van der Waals surface area contributed by atoms with Crippen molar-refractivity contribution in [2.75, 3.05) is 31.1 Å². The van der Waals surface area contributed by atoms with Crippen molar-refractivity contribution in [1.82, 2.24) is 14.9 Å². The van der Waals surface area contributed by atoms with Crippen molar-refractivity contribution in [2.24, 2.45) is 5.41 Å². The van der Waals surface area contributed by atoms with E-state index < -0.39 is 0 Å². The van der Waals surface area contributed by atoms with Crippen LogP contribution in [0.3, 0.4) is 0 Å². The molecule has 2 saturated heterocycles. The van der Waals surface area contributed by atoms with Gasteiger partial charge < -0.3 is 4.90 Å². The van der Waals surface area contributed by atoms with E-state index in [1.807, 2.05) is 30.7 Å². The molecule has 2 aromatic rings. The molecule has 0 amide bonds. The fourth-order valence-electron chi connectivity index (χ4n) is 3.89. The maximum atomic E-state index is 4.55. The Morgan fingerprint density at radius 3 is 2.77 bits per heavy atom. The van der Waals surface area contributed by atoms with Gasteiger partial charge in [-0.15, -0.1) is 0 Å². The monoisotopic (exact) mass is 294 g/mol. The summed E-state index contributed by atoms with van der Waals surface area (Å²) in [5.41, 5.74) is 3.07. The van der Waals surface area contributed by atoms with E-state index >= 15 is 0 Å². The first kappa shape index (κ1) is 13.7. The summed E-state index contributed by atoms with van der Waals surface area (Å²) >= 11 is 0. The number of aromatic nitrogens is 2. The zero-order chi connectivity index (χ0) is 15.0. The maximum Gasteiger partial charge on any atom is 0.131 e. The predicted octanol–water partition coefficient (Wildman–Crippen LogP) is 2.50. The molecule has 4 heteroatoms. The lowest BCUT2D eigenvalue weighted by molar-refractivity contribution is 0.201. The van der Waals surface area contributed by atoms with Gasteiger partial charge in [0.25, 0.3) is 0 Å². The van der Waals surface area contributed by atoms with Gasteiger partial charge in [0.2, 0.25) is 0 Å². The molecule has 0 N–H and O–H groups in total. The molecule has 0 unspecified atom stereocenters. The SMILES string of the molecule is Cc1cccnc1N1CC2(CCN(Cc3cccnc3)C2)C1. The lowest BCUT2D eigenvalue weighted by Crippen LogP contribution is -2.58. The van der Waals surface area contributed by atoms with Crippen molar-refractivity contribution in [2.45, 2.75) is 19.9 Å². The number of hydrogen-bond donors (Lipinski definition) is 0. The number of aryl methyl sites for hydroxylation is 1. The highest BCUT2D eigenvalue weighted by Crippen LogP contribution is 2.42. The minimum absolute atomic E-state index is 0.478. The molecule has 0 aromatic carbocycles. The normalized spacial score (nSPS) is 20.3. The van der Waals surface area contributed by atoms with E-state index in [4.69, 9.17) is 0 Å². The number of hydrogen-bond acceptors (Lipinski definition) is 4. The molecular formula is C18H22N4. The first-order chi connectivity index (χ1) is 10.7. The molecule has 4 heterocycles. The van der Waals surface area contributed by atoms with Crippen LogP contribution in [-0.2, 0) is 6.54 Å². The highest BCUT2D eigenvalue weighted by Gasteiger charge is 2.48. The van der Waals surface area contributed by atoms with Gasteiger partial charge in [-0.2, -0.15) is 0 Å². The van der Waals surface area contributed by atoms with Crippen LogP contribution in [0.4, 0.5) is 5.82 Å². The van der Waals surface area contributed by atoms with Crippen LogP contribution in [0.15, 0.2) is 42.9 Å². The lowest BCUT2D eigenvalue weighted by atomic mass is 9.79. The quantitative estimate of drug-likeness (QED) is 0.870. The fraction of sp³-hybridized carbons (Fsp3) is 0.444. The van der Waals surface area contributed by atoms with Gasteiger partial charge in [0.15, 0.2) is 0 Å². The molecule has 0 aliphatic carbocycles. The zero-order valence-electron chi connectivity index (χ0n) is 13.1. The maximum absolute atomic E-state index is 4.55. The van der Waals surface area contributed by atoms with Crippen molar-refractivity contribution in [3.05, 3.63) is 54.0 Å². The third-order valence-corrected chi connectivity index (χ3v) is 4.98. The summed E-state index contributed by atoms with van der Waals surface area (Å²) < 4.78 is 0. The second-order valence-corrected chi connectivity index (χ2v) is 6.82. The Hall–Kier alpha value is -1.94. The molecule has 2 fully saturated rings. The lowest BCUT2D eigenvalue weighted by Gasteiger charge is -2.49. The molecule has 114 valence electrons. The Morgan fingerprint density at radius 1 is 1.14 bits per heavy atom. The predicted molar refractivity (Wildman–Crippen MR) is 87.8 cm³/mol. The number of anilines is 1. The standard InChI is InChI=1S/C18H22N4/c1-15-4-2-8-20-17(15)22-13-18(14-22)6-9-21(12-18)11-16-5-3-7-19-10-16/h2-5,7-8,10H,6,9,11-14H2,1H3. The number of likely N-dealkylation sites (tertiary alicyclic amines) is 1. The van der Waals surface area contributed by atoms with Crippen LogP contribution in [0.1, 0.15) is 17.5 Å². The summed E-state index contributed by atoms with van der Waals surface area (Å²) in [5, 5.41) is 0. The number of rotatable bonds is 3. The molecular weight excluding hydrogens is 272 g/mol. The average Bonchev–Trinajstić information content (AvgIpc) is 2.92. The van der Waals surface area contributed by atoms with Gasteiger partial charge in [0, 0.05) is 50.2 Å². The van der Waals surface area contributed by atoms with Gasteiger partial charge in [-0.3, -0.25) is 9.88 Å². The van der Waals surface area contributed by atoms with E-state index in [1.54, 1.807) is 0 Å². The first-order valence-electron chi connectivity index (χ1n) is 8.02. The number of nitrogens with zero attached hydrogens (tertiary/aromatic N) is 4. The summed E-state index contributed by atoms with van der Waals surface area (Å²) in [5.74, 6) is 1.17. The minimum Gasteiger partial charge on any atom is -0.355 e. The number of pyridine rings is 2. The van der Waals surface area contributed by atoms with Crippen LogP contribution in [0, 0.1) is 12.3 Å². The van der Waals surface area contributed by atoms with Crippen LogP contribution in [-0.4, -0.2) is 41.0 Å². The zero-order valence-corrected chi connectivity index (χ0v) is 13.1. The van der Waals surface area contributed by atoms with Crippen LogP contribution < -0.4 is 4.90 Å². The summed E-state index contributed by atoms with van der Waals surface area (Å²) in [7, 11) is 0. The molecule has 4 nitrogen and oxygen atoms in total. The van der Waals surface area contributed by atoms with E-state index in [2.05, 4.69) is 38.8 Å². The summed E-state index contributed by atoms with van der Waals surface area (Å²) in [6, 6.07) is 8.36. The van der Waals surface area contributed by atoms with Gasteiger partial charge in [0.05, 0.1) is 0 Å². The molecule has 2 aliphatic heterocycles. The largest absolute Gasteiger partial charge is 0.355 e. The van der Waals surface area contributed by atoms with Crippen molar-refractivity contribution in [3.8, 4) is 0 Å². The second kappa shape index (κ2) is 5.36. The van der Waals surface area contributed by atoms with Crippen molar-refractivity contribution >= 4 is 5.82 Å². The summed E-state index contributed by atoms with van der Waals surface area (Å²) in [6.45, 7) is 7.87. The molecule has 0 radical (unpaired) electrons. The average molecular weight is 294 g/mol. The van der Waals surface area contributed by atoms with Crippen LogP contribution in [0.5, 0.6) is 0 Å². The van der Waals surface area contributed by atoms with E-state index in [-0.39, 0.29) is 0 Å². The Bertz CT molecular complexity index is 649. The minimum atomic E-state index is 0.478. The second-order valence-electron chi connectivity index (χ2n) is 6.82. The van der Waals surface area contributed by atoms with Crippen molar-refractivity contribution in [1.29, 1.82) is 0 Å². The topological polar surface area (TPSA) is 32.3 Å². The smallest absolute Gasteiger partial charge is 0.131 e. The Balaban J connectivity index is 1.37. The molecule has 0 saturated carbocycles. The van der Waals surface area contributed by atoms with Crippen LogP contribution in [0.2, 0.25) is 0 Å². The molecule has 4 rings (SSSR count). The van der Waals surface area contributed by atoms with E-state index in [1.165, 1.54) is 36.5 Å². The molecule has 2 aromatic heterocycles. The van der Waals surface area contributed by atoms with E-state index in [0.29, 0.717) is 5.41 Å². The Kier molecular flexibility index (Phi) is 3.34.